The van der Waals surface area contributed by atoms with Crippen LogP contribution in [0.5, 0.6) is 5.75 Å². The fourth-order valence-corrected chi connectivity index (χ4v) is 3.46. The summed E-state index contributed by atoms with van der Waals surface area (Å²) in [4.78, 5) is 47.9. The predicted molar refractivity (Wildman–Crippen MR) is 129 cm³/mol. The fourth-order valence-electron chi connectivity index (χ4n) is 3.46. The maximum absolute atomic E-state index is 12.9. The normalized spacial score (nSPS) is 11.3. The molecule has 2 amide bonds. The quantitative estimate of drug-likeness (QED) is 0.285. The smallest absolute Gasteiger partial charge is 0.341 e. The molecule has 0 aliphatic rings. The van der Waals surface area contributed by atoms with Crippen molar-refractivity contribution in [2.75, 3.05) is 13.2 Å². The molecule has 0 heterocycles. The fraction of sp³-hybridized carbons (Fsp3) is 0.385. The monoisotopic (exact) mass is 484 g/mol. The summed E-state index contributed by atoms with van der Waals surface area (Å²) in [5.74, 6) is -3.25. The summed E-state index contributed by atoms with van der Waals surface area (Å²) in [5.41, 5.74) is 1.27. The molecule has 2 aromatic carbocycles. The Morgan fingerprint density at radius 3 is 2.37 bits per heavy atom. The second-order valence-corrected chi connectivity index (χ2v) is 8.13. The lowest BCUT2D eigenvalue weighted by atomic mass is 10.0. The molecular weight excluding hydrogens is 452 g/mol. The Bertz CT molecular complexity index is 1010. The molecule has 0 fully saturated rings. The maximum Gasteiger partial charge on any atom is 0.341 e. The van der Waals surface area contributed by atoms with E-state index in [-0.39, 0.29) is 36.0 Å². The summed E-state index contributed by atoms with van der Waals surface area (Å²) in [6.07, 6.45) is 3.58. The summed E-state index contributed by atoms with van der Waals surface area (Å²) in [7, 11) is 0. The third kappa shape index (κ3) is 9.87. The van der Waals surface area contributed by atoms with Gasteiger partial charge in [0.05, 0.1) is 0 Å². The first-order valence-corrected chi connectivity index (χ1v) is 11.6. The molecule has 35 heavy (non-hydrogen) atoms. The molecule has 1 atom stereocenters. The highest BCUT2D eigenvalue weighted by molar-refractivity contribution is 5.91. The van der Waals surface area contributed by atoms with Gasteiger partial charge in [0.1, 0.15) is 17.4 Å². The zero-order chi connectivity index (χ0) is 25.6. The van der Waals surface area contributed by atoms with Gasteiger partial charge in [-0.25, -0.2) is 9.59 Å². The van der Waals surface area contributed by atoms with Crippen LogP contribution in [0.15, 0.2) is 48.5 Å². The van der Waals surface area contributed by atoms with Gasteiger partial charge in [0, 0.05) is 19.4 Å². The summed E-state index contributed by atoms with van der Waals surface area (Å²) in [5, 5.41) is 23.9. The van der Waals surface area contributed by atoms with E-state index in [0.717, 1.165) is 24.8 Å². The number of amides is 2. The Balaban J connectivity index is 2.13. The number of carboxylic acid groups (broad SMARTS) is 2. The van der Waals surface area contributed by atoms with E-state index >= 15 is 0 Å². The molecule has 0 aliphatic heterocycles. The topological polar surface area (TPSA) is 142 Å². The van der Waals surface area contributed by atoms with Crippen LogP contribution in [0.2, 0.25) is 0 Å². The second-order valence-electron chi connectivity index (χ2n) is 8.13. The summed E-state index contributed by atoms with van der Waals surface area (Å²) in [6.45, 7) is 1.85. The van der Waals surface area contributed by atoms with E-state index in [1.807, 2.05) is 30.3 Å². The van der Waals surface area contributed by atoms with Gasteiger partial charge in [-0.15, -0.1) is 0 Å². The Labute approximate surface area is 204 Å². The Hall–Kier alpha value is -3.88. The van der Waals surface area contributed by atoms with Crippen molar-refractivity contribution in [1.29, 1.82) is 0 Å². The highest BCUT2D eigenvalue weighted by Gasteiger charge is 2.22. The van der Waals surface area contributed by atoms with Crippen molar-refractivity contribution in [1.82, 2.24) is 10.6 Å². The highest BCUT2D eigenvalue weighted by atomic mass is 16.5. The average molecular weight is 485 g/mol. The molecule has 0 saturated carbocycles. The van der Waals surface area contributed by atoms with Crippen molar-refractivity contribution in [3.05, 3.63) is 65.2 Å². The van der Waals surface area contributed by atoms with E-state index in [1.54, 1.807) is 6.07 Å². The number of aryl methyl sites for hydroxylation is 1. The minimum atomic E-state index is -1.29. The molecule has 0 unspecified atom stereocenters. The van der Waals surface area contributed by atoms with E-state index in [2.05, 4.69) is 17.6 Å². The number of benzene rings is 2. The first kappa shape index (κ1) is 27.4. The maximum atomic E-state index is 12.9. The van der Waals surface area contributed by atoms with Gasteiger partial charge in [-0.05, 0) is 36.1 Å². The van der Waals surface area contributed by atoms with Crippen molar-refractivity contribution < 1.29 is 34.1 Å². The lowest BCUT2D eigenvalue weighted by molar-refractivity contribution is -0.139. The van der Waals surface area contributed by atoms with Crippen LogP contribution in [0.4, 0.5) is 0 Å². The van der Waals surface area contributed by atoms with E-state index in [1.165, 1.54) is 12.1 Å². The first-order valence-electron chi connectivity index (χ1n) is 11.6. The van der Waals surface area contributed by atoms with Gasteiger partial charge >= 0.3 is 11.9 Å². The van der Waals surface area contributed by atoms with Crippen LogP contribution in [-0.4, -0.2) is 53.2 Å². The number of carbonyl (C=O) groups excluding carboxylic acids is 2. The van der Waals surface area contributed by atoms with Gasteiger partial charge in [0.15, 0.2) is 6.61 Å². The number of carboxylic acids is 2. The molecule has 9 nitrogen and oxygen atoms in total. The standard InChI is InChI=1S/C26H32N2O7/c1-2-3-7-14-27-25(32)21(28-23(29)13-11-18-8-5-4-6-9-18)16-19-10-12-22(35-17-24(30)31)20(15-19)26(33)34/h4-6,8-10,12,15,21H,2-3,7,11,13-14,16-17H2,1H3,(H,27,32)(H,28,29)(H,30,31)(H,33,34)/t21-/m0/s1. The minimum Gasteiger partial charge on any atom is -0.481 e. The molecule has 0 aromatic heterocycles. The van der Waals surface area contributed by atoms with Gasteiger partial charge in [0.25, 0.3) is 0 Å². The Morgan fingerprint density at radius 2 is 1.71 bits per heavy atom. The van der Waals surface area contributed by atoms with Crippen LogP contribution >= 0.6 is 0 Å². The van der Waals surface area contributed by atoms with Crippen LogP contribution in [0, 0.1) is 0 Å². The van der Waals surface area contributed by atoms with E-state index in [9.17, 15) is 24.3 Å². The minimum absolute atomic E-state index is 0.0657. The zero-order valence-electron chi connectivity index (χ0n) is 19.8. The second kappa shape index (κ2) is 14.4. The molecule has 2 aromatic rings. The first-order chi connectivity index (χ1) is 16.8. The van der Waals surface area contributed by atoms with Gasteiger partial charge < -0.3 is 25.6 Å². The predicted octanol–water partition coefficient (Wildman–Crippen LogP) is 2.81. The van der Waals surface area contributed by atoms with Gasteiger partial charge in [0.2, 0.25) is 11.8 Å². The molecule has 188 valence electrons. The molecule has 9 heteroatoms. The van der Waals surface area contributed by atoms with E-state index < -0.39 is 24.6 Å². The van der Waals surface area contributed by atoms with Gasteiger partial charge in [-0.1, -0.05) is 56.2 Å². The van der Waals surface area contributed by atoms with Crippen molar-refractivity contribution in [2.24, 2.45) is 0 Å². The number of hydrogen-bond acceptors (Lipinski definition) is 5. The van der Waals surface area contributed by atoms with Crippen LogP contribution in [0.25, 0.3) is 0 Å². The number of unbranched alkanes of at least 4 members (excludes halogenated alkanes) is 2. The molecule has 2 rings (SSSR count). The van der Waals surface area contributed by atoms with E-state index in [4.69, 9.17) is 9.84 Å². The number of rotatable bonds is 15. The largest absolute Gasteiger partial charge is 0.481 e. The molecule has 0 aliphatic carbocycles. The van der Waals surface area contributed by atoms with Crippen molar-refractivity contribution in [3.63, 3.8) is 0 Å². The summed E-state index contributed by atoms with van der Waals surface area (Å²) >= 11 is 0. The van der Waals surface area contributed by atoms with Crippen molar-refractivity contribution in [2.45, 2.75) is 51.5 Å². The van der Waals surface area contributed by atoms with Crippen LogP contribution in [-0.2, 0) is 27.2 Å². The number of ether oxygens (including phenoxy) is 1. The number of carbonyl (C=O) groups is 4. The highest BCUT2D eigenvalue weighted by Crippen LogP contribution is 2.21. The van der Waals surface area contributed by atoms with Crippen molar-refractivity contribution in [3.8, 4) is 5.75 Å². The molecule has 0 bridgehead atoms. The van der Waals surface area contributed by atoms with Crippen LogP contribution in [0.1, 0.15) is 54.1 Å². The van der Waals surface area contributed by atoms with Crippen LogP contribution in [0.3, 0.4) is 0 Å². The SMILES string of the molecule is CCCCCNC(=O)[C@H](Cc1ccc(OCC(=O)O)c(C(=O)O)c1)NC(=O)CCc1ccccc1. The van der Waals surface area contributed by atoms with Crippen molar-refractivity contribution >= 4 is 23.8 Å². The van der Waals surface area contributed by atoms with E-state index in [0.29, 0.717) is 18.5 Å². The molecule has 4 N–H and O–H groups in total. The Kier molecular flexibility index (Phi) is 11.3. The van der Waals surface area contributed by atoms with Crippen LogP contribution < -0.4 is 15.4 Å². The number of aliphatic carboxylic acids is 1. The Morgan fingerprint density at radius 1 is 0.971 bits per heavy atom. The average Bonchev–Trinajstić information content (AvgIpc) is 2.84. The lowest BCUT2D eigenvalue weighted by Crippen LogP contribution is -2.48. The number of hydrogen-bond donors (Lipinski definition) is 4. The number of nitrogens with one attached hydrogen (secondary N) is 2. The third-order valence-corrected chi connectivity index (χ3v) is 5.28. The summed E-state index contributed by atoms with van der Waals surface area (Å²) in [6, 6.07) is 12.9. The third-order valence-electron chi connectivity index (χ3n) is 5.28. The molecule has 0 radical (unpaired) electrons. The zero-order valence-corrected chi connectivity index (χ0v) is 19.8. The lowest BCUT2D eigenvalue weighted by Gasteiger charge is -2.19. The van der Waals surface area contributed by atoms with Gasteiger partial charge in [-0.2, -0.15) is 0 Å². The molecule has 0 saturated heterocycles. The summed E-state index contributed by atoms with van der Waals surface area (Å²) < 4.78 is 5.05. The molecular formula is C26H32N2O7. The molecule has 0 spiro atoms. The van der Waals surface area contributed by atoms with Gasteiger partial charge in [-0.3, -0.25) is 9.59 Å². The number of aromatic carboxylic acids is 1.